The molecule has 0 unspecified atom stereocenters. The summed E-state index contributed by atoms with van der Waals surface area (Å²) in [6.07, 6.45) is 5.17. The molecule has 3 aromatic carbocycles. The standard InChI is InChI=1S/C26H27N3O2/c30-25(14-13-21-9-6-8-20-7-4-5-12-24(20)21)27-23-15-17-29(18-16-23)19-26(31)28-22-10-2-1-3-11-22/h1-14,23H,15-19H2,(H,27,30)(H,28,31)/b14-13+. The average molecular weight is 414 g/mol. The van der Waals surface area contributed by atoms with Crippen molar-refractivity contribution >= 4 is 34.4 Å². The summed E-state index contributed by atoms with van der Waals surface area (Å²) in [6.45, 7) is 1.96. The van der Waals surface area contributed by atoms with E-state index in [0.717, 1.165) is 48.0 Å². The van der Waals surface area contributed by atoms with Crippen molar-refractivity contribution in [3.8, 4) is 0 Å². The van der Waals surface area contributed by atoms with Gasteiger partial charge in [0.25, 0.3) is 0 Å². The van der Waals surface area contributed by atoms with Gasteiger partial charge in [0.05, 0.1) is 6.54 Å². The van der Waals surface area contributed by atoms with Gasteiger partial charge in [0, 0.05) is 30.9 Å². The van der Waals surface area contributed by atoms with Crippen molar-refractivity contribution in [3.05, 3.63) is 84.4 Å². The van der Waals surface area contributed by atoms with Crippen LogP contribution >= 0.6 is 0 Å². The van der Waals surface area contributed by atoms with Gasteiger partial charge in [0.1, 0.15) is 0 Å². The fourth-order valence-corrected chi connectivity index (χ4v) is 3.97. The quantitative estimate of drug-likeness (QED) is 0.599. The summed E-state index contributed by atoms with van der Waals surface area (Å²) in [6, 6.07) is 23.9. The second-order valence-corrected chi connectivity index (χ2v) is 7.87. The lowest BCUT2D eigenvalue weighted by atomic mass is 10.0. The number of carbonyl (C=O) groups excluding carboxylic acids is 2. The van der Waals surface area contributed by atoms with E-state index in [1.54, 1.807) is 6.08 Å². The Hall–Kier alpha value is -3.44. The third-order valence-corrected chi connectivity index (χ3v) is 5.60. The topological polar surface area (TPSA) is 61.4 Å². The Morgan fingerprint density at radius 1 is 0.903 bits per heavy atom. The van der Waals surface area contributed by atoms with Crippen molar-refractivity contribution in [1.82, 2.24) is 10.2 Å². The number of carbonyl (C=O) groups is 2. The van der Waals surface area contributed by atoms with Gasteiger partial charge >= 0.3 is 0 Å². The van der Waals surface area contributed by atoms with Crippen LogP contribution in [0.4, 0.5) is 5.69 Å². The van der Waals surface area contributed by atoms with Gasteiger partial charge in [-0.3, -0.25) is 14.5 Å². The molecule has 2 N–H and O–H groups in total. The number of benzene rings is 3. The van der Waals surface area contributed by atoms with Crippen molar-refractivity contribution in [2.75, 3.05) is 25.0 Å². The highest BCUT2D eigenvalue weighted by Crippen LogP contribution is 2.19. The van der Waals surface area contributed by atoms with E-state index in [4.69, 9.17) is 0 Å². The van der Waals surface area contributed by atoms with Gasteiger partial charge in [-0.05, 0) is 47.4 Å². The van der Waals surface area contributed by atoms with Crippen molar-refractivity contribution in [3.63, 3.8) is 0 Å². The predicted molar refractivity (Wildman–Crippen MR) is 126 cm³/mol. The summed E-state index contributed by atoms with van der Waals surface area (Å²) in [4.78, 5) is 26.8. The van der Waals surface area contributed by atoms with Crippen molar-refractivity contribution in [2.24, 2.45) is 0 Å². The van der Waals surface area contributed by atoms with Gasteiger partial charge in [-0.2, -0.15) is 0 Å². The summed E-state index contributed by atoms with van der Waals surface area (Å²) in [7, 11) is 0. The molecule has 1 heterocycles. The van der Waals surface area contributed by atoms with Gasteiger partial charge in [-0.1, -0.05) is 60.7 Å². The lowest BCUT2D eigenvalue weighted by molar-refractivity contribution is -0.119. The summed E-state index contributed by atoms with van der Waals surface area (Å²) in [5.74, 6) is -0.0834. The number of anilines is 1. The molecule has 0 spiro atoms. The molecular formula is C26H27N3O2. The first kappa shape index (κ1) is 20.8. The molecule has 5 heteroatoms. The Labute approximate surface area is 182 Å². The van der Waals surface area contributed by atoms with Crippen LogP contribution in [0.5, 0.6) is 0 Å². The molecule has 0 radical (unpaired) electrons. The van der Waals surface area contributed by atoms with E-state index in [1.807, 2.05) is 60.7 Å². The summed E-state index contributed by atoms with van der Waals surface area (Å²) < 4.78 is 0. The van der Waals surface area contributed by atoms with Crippen LogP contribution in [0, 0.1) is 0 Å². The van der Waals surface area contributed by atoms with E-state index in [-0.39, 0.29) is 17.9 Å². The van der Waals surface area contributed by atoms with Crippen molar-refractivity contribution in [2.45, 2.75) is 18.9 Å². The maximum atomic E-state index is 12.4. The van der Waals surface area contributed by atoms with Crippen LogP contribution in [0.3, 0.4) is 0 Å². The minimum Gasteiger partial charge on any atom is -0.350 e. The number of piperidine rings is 1. The van der Waals surface area contributed by atoms with E-state index in [9.17, 15) is 9.59 Å². The van der Waals surface area contributed by atoms with Crippen LogP contribution in [0.25, 0.3) is 16.8 Å². The molecule has 0 saturated carbocycles. The van der Waals surface area contributed by atoms with Gasteiger partial charge in [0.15, 0.2) is 0 Å². The maximum absolute atomic E-state index is 12.4. The van der Waals surface area contributed by atoms with Gasteiger partial charge in [0.2, 0.25) is 11.8 Å². The van der Waals surface area contributed by atoms with Crippen LogP contribution < -0.4 is 10.6 Å². The number of rotatable bonds is 6. The summed E-state index contributed by atoms with van der Waals surface area (Å²) in [5, 5.41) is 8.31. The monoisotopic (exact) mass is 413 g/mol. The molecule has 158 valence electrons. The second kappa shape index (κ2) is 10.0. The molecule has 1 aliphatic rings. The molecule has 2 amide bonds. The van der Waals surface area contributed by atoms with E-state index < -0.39 is 0 Å². The molecule has 1 aliphatic heterocycles. The second-order valence-electron chi connectivity index (χ2n) is 7.87. The minimum absolute atomic E-state index is 0.00768. The molecule has 1 fully saturated rings. The fraction of sp³-hybridized carbons (Fsp3) is 0.231. The van der Waals surface area contributed by atoms with E-state index >= 15 is 0 Å². The zero-order valence-electron chi connectivity index (χ0n) is 17.5. The highest BCUT2D eigenvalue weighted by molar-refractivity contribution is 5.96. The lowest BCUT2D eigenvalue weighted by Gasteiger charge is -2.31. The normalized spacial score (nSPS) is 15.2. The zero-order chi connectivity index (χ0) is 21.5. The number of nitrogens with zero attached hydrogens (tertiary/aromatic N) is 1. The molecule has 31 heavy (non-hydrogen) atoms. The molecule has 0 atom stereocenters. The SMILES string of the molecule is O=C(/C=C/c1cccc2ccccc12)NC1CCN(CC(=O)Nc2ccccc2)CC1. The van der Waals surface area contributed by atoms with E-state index in [0.29, 0.717) is 6.54 Å². The molecular weight excluding hydrogens is 386 g/mol. The number of hydrogen-bond acceptors (Lipinski definition) is 3. The summed E-state index contributed by atoms with van der Waals surface area (Å²) in [5.41, 5.74) is 1.85. The fourth-order valence-electron chi connectivity index (χ4n) is 3.97. The molecule has 5 nitrogen and oxygen atoms in total. The molecule has 0 aliphatic carbocycles. The third kappa shape index (κ3) is 5.80. The first-order chi connectivity index (χ1) is 15.2. The van der Waals surface area contributed by atoms with Crippen LogP contribution in [-0.2, 0) is 9.59 Å². The van der Waals surface area contributed by atoms with Crippen LogP contribution in [-0.4, -0.2) is 42.4 Å². The minimum atomic E-state index is -0.0757. The molecule has 0 bridgehead atoms. The Bertz CT molecular complexity index is 1060. The number of para-hydroxylation sites is 1. The number of fused-ring (bicyclic) bond motifs is 1. The Balaban J connectivity index is 1.23. The van der Waals surface area contributed by atoms with Gasteiger partial charge < -0.3 is 10.6 Å². The molecule has 1 saturated heterocycles. The van der Waals surface area contributed by atoms with Crippen molar-refractivity contribution in [1.29, 1.82) is 0 Å². The highest BCUT2D eigenvalue weighted by Gasteiger charge is 2.21. The number of hydrogen-bond donors (Lipinski definition) is 2. The van der Waals surface area contributed by atoms with Gasteiger partial charge in [-0.25, -0.2) is 0 Å². The smallest absolute Gasteiger partial charge is 0.244 e. The number of nitrogens with one attached hydrogen (secondary N) is 2. The first-order valence-electron chi connectivity index (χ1n) is 10.7. The number of likely N-dealkylation sites (tertiary alicyclic amines) is 1. The van der Waals surface area contributed by atoms with Crippen LogP contribution in [0.2, 0.25) is 0 Å². The molecule has 0 aromatic heterocycles. The Morgan fingerprint density at radius 3 is 2.42 bits per heavy atom. The first-order valence-corrected chi connectivity index (χ1v) is 10.7. The maximum Gasteiger partial charge on any atom is 0.244 e. The van der Waals surface area contributed by atoms with Gasteiger partial charge in [-0.15, -0.1) is 0 Å². The third-order valence-electron chi connectivity index (χ3n) is 5.60. The zero-order valence-corrected chi connectivity index (χ0v) is 17.5. The van der Waals surface area contributed by atoms with E-state index in [2.05, 4.69) is 33.7 Å². The average Bonchev–Trinajstić information content (AvgIpc) is 2.79. The molecule has 4 rings (SSSR count). The van der Waals surface area contributed by atoms with Crippen LogP contribution in [0.1, 0.15) is 18.4 Å². The number of amides is 2. The van der Waals surface area contributed by atoms with Crippen molar-refractivity contribution < 1.29 is 9.59 Å². The highest BCUT2D eigenvalue weighted by atomic mass is 16.2. The largest absolute Gasteiger partial charge is 0.350 e. The molecule has 3 aromatic rings. The van der Waals surface area contributed by atoms with E-state index in [1.165, 1.54) is 0 Å². The predicted octanol–water partition coefficient (Wildman–Crippen LogP) is 4.07. The Kier molecular flexibility index (Phi) is 6.75. The summed E-state index contributed by atoms with van der Waals surface area (Å²) >= 11 is 0. The lowest BCUT2D eigenvalue weighted by Crippen LogP contribution is -2.46. The Morgan fingerprint density at radius 2 is 1.61 bits per heavy atom. The van der Waals surface area contributed by atoms with Crippen LogP contribution in [0.15, 0.2) is 78.9 Å².